The van der Waals surface area contributed by atoms with Gasteiger partial charge < -0.3 is 19.3 Å². The molecule has 0 spiro atoms. The normalized spacial score (nSPS) is 11.0. The van der Waals surface area contributed by atoms with Gasteiger partial charge in [-0.2, -0.15) is 0 Å². The average molecular weight is 486 g/mol. The van der Waals surface area contributed by atoms with Crippen LogP contribution in [-0.2, 0) is 10.0 Å². The number of carboxylic acid groups (broad SMARTS) is 1. The van der Waals surface area contributed by atoms with Crippen molar-refractivity contribution < 1.29 is 32.5 Å². The molecule has 0 aliphatic carbocycles. The molecule has 0 aromatic heterocycles. The fourth-order valence-electron chi connectivity index (χ4n) is 2.93. The number of ether oxygens (including phenoxy) is 3. The Labute approximate surface area is 199 Å². The maximum Gasteiger partial charge on any atom is 0.335 e. The largest absolute Gasteiger partial charge is 0.494 e. The summed E-state index contributed by atoms with van der Waals surface area (Å²) < 4.78 is 45.1. The van der Waals surface area contributed by atoms with Crippen LogP contribution in [0.25, 0.3) is 0 Å². The fraction of sp³-hybridized carbons (Fsp3) is 0.240. The summed E-state index contributed by atoms with van der Waals surface area (Å²) in [5.41, 5.74) is 0.472. The van der Waals surface area contributed by atoms with E-state index in [0.29, 0.717) is 29.5 Å². The SMILES string of the molecule is CCCCOc1ccc(S(=O)(=O)Nc2ccccc2OCCOc2ccc(C(=O)O)cc2)cc1. The van der Waals surface area contributed by atoms with Crippen molar-refractivity contribution in [1.29, 1.82) is 0 Å². The highest BCUT2D eigenvalue weighted by Gasteiger charge is 2.17. The molecule has 34 heavy (non-hydrogen) atoms. The Balaban J connectivity index is 1.57. The van der Waals surface area contributed by atoms with Crippen molar-refractivity contribution in [2.45, 2.75) is 24.7 Å². The number of benzene rings is 3. The molecule has 0 atom stereocenters. The van der Waals surface area contributed by atoms with Gasteiger partial charge in [-0.05, 0) is 67.1 Å². The van der Waals surface area contributed by atoms with Gasteiger partial charge in [-0.1, -0.05) is 25.5 Å². The summed E-state index contributed by atoms with van der Waals surface area (Å²) in [7, 11) is -3.83. The van der Waals surface area contributed by atoms with Crippen LogP contribution in [0, 0.1) is 0 Å². The van der Waals surface area contributed by atoms with Crippen LogP contribution < -0.4 is 18.9 Å². The van der Waals surface area contributed by atoms with Gasteiger partial charge in [-0.25, -0.2) is 13.2 Å². The van der Waals surface area contributed by atoms with E-state index in [2.05, 4.69) is 11.6 Å². The summed E-state index contributed by atoms with van der Waals surface area (Å²) in [5, 5.41) is 8.93. The standard InChI is InChI=1S/C25H27NO7S/c1-2-3-16-31-21-12-14-22(15-13-21)34(29,30)26-23-6-4-5-7-24(23)33-18-17-32-20-10-8-19(9-11-20)25(27)28/h4-15,26H,2-3,16-18H2,1H3,(H,27,28). The summed E-state index contributed by atoms with van der Waals surface area (Å²) in [6, 6.07) is 19.0. The van der Waals surface area contributed by atoms with Gasteiger partial charge in [0.25, 0.3) is 10.0 Å². The molecular formula is C25H27NO7S. The number of aromatic carboxylic acids is 1. The lowest BCUT2D eigenvalue weighted by Crippen LogP contribution is -2.15. The van der Waals surface area contributed by atoms with Crippen molar-refractivity contribution >= 4 is 21.7 Å². The van der Waals surface area contributed by atoms with Crippen molar-refractivity contribution in [3.8, 4) is 17.2 Å². The lowest BCUT2D eigenvalue weighted by atomic mass is 10.2. The van der Waals surface area contributed by atoms with Crippen molar-refractivity contribution in [2.75, 3.05) is 24.5 Å². The highest BCUT2D eigenvalue weighted by molar-refractivity contribution is 7.92. The first-order valence-electron chi connectivity index (χ1n) is 10.8. The molecule has 8 nitrogen and oxygen atoms in total. The van der Waals surface area contributed by atoms with Crippen molar-refractivity contribution in [3.05, 3.63) is 78.4 Å². The van der Waals surface area contributed by atoms with Crippen molar-refractivity contribution in [1.82, 2.24) is 0 Å². The third kappa shape index (κ3) is 7.14. The van der Waals surface area contributed by atoms with E-state index >= 15 is 0 Å². The molecule has 3 rings (SSSR count). The van der Waals surface area contributed by atoms with E-state index in [-0.39, 0.29) is 23.7 Å². The first kappa shape index (κ1) is 24.9. The number of para-hydroxylation sites is 2. The van der Waals surface area contributed by atoms with Gasteiger partial charge in [0.15, 0.2) is 0 Å². The predicted molar refractivity (Wildman–Crippen MR) is 128 cm³/mol. The molecule has 180 valence electrons. The molecule has 3 aromatic rings. The van der Waals surface area contributed by atoms with Crippen LogP contribution >= 0.6 is 0 Å². The molecule has 0 saturated heterocycles. The second-order valence-electron chi connectivity index (χ2n) is 7.30. The lowest BCUT2D eigenvalue weighted by molar-refractivity contribution is 0.0696. The molecule has 0 aliphatic heterocycles. The van der Waals surface area contributed by atoms with Crippen LogP contribution in [0.5, 0.6) is 17.2 Å². The number of nitrogens with one attached hydrogen (secondary N) is 1. The topological polar surface area (TPSA) is 111 Å². The first-order valence-corrected chi connectivity index (χ1v) is 12.3. The molecule has 0 unspecified atom stereocenters. The molecule has 0 amide bonds. The maximum atomic E-state index is 12.8. The van der Waals surface area contributed by atoms with E-state index in [1.165, 1.54) is 24.3 Å². The number of carboxylic acids is 1. The smallest absolute Gasteiger partial charge is 0.335 e. The van der Waals surface area contributed by atoms with Gasteiger partial charge in [0, 0.05) is 0 Å². The van der Waals surface area contributed by atoms with Crippen LogP contribution in [0.4, 0.5) is 5.69 Å². The highest BCUT2D eigenvalue weighted by Crippen LogP contribution is 2.27. The number of hydrogen-bond acceptors (Lipinski definition) is 6. The average Bonchev–Trinajstić information content (AvgIpc) is 2.83. The second-order valence-corrected chi connectivity index (χ2v) is 8.98. The Hall–Kier alpha value is -3.72. The molecule has 0 saturated carbocycles. The van der Waals surface area contributed by atoms with Crippen LogP contribution in [0.15, 0.2) is 77.7 Å². The molecule has 0 heterocycles. The summed E-state index contributed by atoms with van der Waals surface area (Å²) in [4.78, 5) is 11.0. The molecule has 2 N–H and O–H groups in total. The van der Waals surface area contributed by atoms with Gasteiger partial charge in [-0.15, -0.1) is 0 Å². The Morgan fingerprint density at radius 2 is 1.41 bits per heavy atom. The quantitative estimate of drug-likeness (QED) is 0.334. The number of hydrogen-bond donors (Lipinski definition) is 2. The minimum atomic E-state index is -3.83. The molecule has 3 aromatic carbocycles. The Morgan fingerprint density at radius 1 is 0.824 bits per heavy atom. The summed E-state index contributed by atoms with van der Waals surface area (Å²) in [6.45, 7) is 3.00. The zero-order valence-corrected chi connectivity index (χ0v) is 19.6. The molecule has 0 radical (unpaired) electrons. The number of sulfonamides is 1. The number of anilines is 1. The van der Waals surface area contributed by atoms with Crippen LogP contribution in [0.2, 0.25) is 0 Å². The summed E-state index contributed by atoms with van der Waals surface area (Å²) >= 11 is 0. The third-order valence-corrected chi connectivity index (χ3v) is 6.12. The van der Waals surface area contributed by atoms with E-state index in [0.717, 1.165) is 12.8 Å². The fourth-order valence-corrected chi connectivity index (χ4v) is 4.01. The van der Waals surface area contributed by atoms with Gasteiger partial charge in [0.1, 0.15) is 30.5 Å². The van der Waals surface area contributed by atoms with E-state index in [1.807, 2.05) is 0 Å². The summed E-state index contributed by atoms with van der Waals surface area (Å²) in [6.07, 6.45) is 1.95. The van der Waals surface area contributed by atoms with E-state index in [1.54, 1.807) is 48.5 Å². The van der Waals surface area contributed by atoms with Crippen LogP contribution in [0.3, 0.4) is 0 Å². The minimum absolute atomic E-state index is 0.110. The number of carbonyl (C=O) groups is 1. The van der Waals surface area contributed by atoms with E-state index in [4.69, 9.17) is 19.3 Å². The zero-order chi connectivity index (χ0) is 24.4. The molecule has 9 heteroatoms. The van der Waals surface area contributed by atoms with Crippen LogP contribution in [0.1, 0.15) is 30.1 Å². The number of rotatable bonds is 13. The van der Waals surface area contributed by atoms with E-state index in [9.17, 15) is 13.2 Å². The maximum absolute atomic E-state index is 12.8. The number of unbranched alkanes of at least 4 members (excludes halogenated alkanes) is 1. The van der Waals surface area contributed by atoms with Gasteiger partial charge >= 0.3 is 5.97 Å². The third-order valence-electron chi connectivity index (χ3n) is 4.74. The molecule has 0 fully saturated rings. The second kappa shape index (κ2) is 11.9. The highest BCUT2D eigenvalue weighted by atomic mass is 32.2. The van der Waals surface area contributed by atoms with E-state index < -0.39 is 16.0 Å². The lowest BCUT2D eigenvalue weighted by Gasteiger charge is -2.14. The zero-order valence-electron chi connectivity index (χ0n) is 18.8. The monoisotopic (exact) mass is 485 g/mol. The Bertz CT molecular complexity index is 1180. The van der Waals surface area contributed by atoms with Crippen molar-refractivity contribution in [3.63, 3.8) is 0 Å². The Kier molecular flexibility index (Phi) is 8.75. The molecule has 0 aliphatic rings. The van der Waals surface area contributed by atoms with Gasteiger partial charge in [-0.3, -0.25) is 4.72 Å². The Morgan fingerprint density at radius 3 is 2.06 bits per heavy atom. The molecular weight excluding hydrogens is 458 g/mol. The summed E-state index contributed by atoms with van der Waals surface area (Å²) in [5.74, 6) is 0.471. The van der Waals surface area contributed by atoms with Crippen molar-refractivity contribution in [2.24, 2.45) is 0 Å². The minimum Gasteiger partial charge on any atom is -0.494 e. The molecule has 0 bridgehead atoms. The van der Waals surface area contributed by atoms with Gasteiger partial charge in [0.2, 0.25) is 0 Å². The predicted octanol–water partition coefficient (Wildman–Crippen LogP) is 4.82. The van der Waals surface area contributed by atoms with Crippen LogP contribution in [-0.4, -0.2) is 39.3 Å². The first-order chi connectivity index (χ1) is 16.4. The van der Waals surface area contributed by atoms with Gasteiger partial charge in [0.05, 0.1) is 22.8 Å².